The van der Waals surface area contributed by atoms with Gasteiger partial charge < -0.3 is 36.1 Å². The predicted molar refractivity (Wildman–Crippen MR) is 158 cm³/mol. The molecule has 4 aromatic rings. The second-order valence-electron chi connectivity index (χ2n) is 10.1. The maximum absolute atomic E-state index is 13.4. The summed E-state index contributed by atoms with van der Waals surface area (Å²) in [7, 11) is 0. The van der Waals surface area contributed by atoms with Crippen LogP contribution in [0.25, 0.3) is 10.9 Å². The molecular formula is C30H34N8O4. The Balaban J connectivity index is 1.33. The second-order valence-corrected chi connectivity index (χ2v) is 10.1. The van der Waals surface area contributed by atoms with Gasteiger partial charge in [-0.2, -0.15) is 0 Å². The Morgan fingerprint density at radius 3 is 2.60 bits per heavy atom. The molecule has 0 saturated heterocycles. The van der Waals surface area contributed by atoms with Crippen LogP contribution >= 0.6 is 0 Å². The molecule has 0 saturated carbocycles. The Morgan fingerprint density at radius 2 is 1.74 bits per heavy atom. The lowest BCUT2D eigenvalue weighted by Gasteiger charge is -2.22. The van der Waals surface area contributed by atoms with E-state index in [1.165, 1.54) is 4.90 Å². The van der Waals surface area contributed by atoms with E-state index >= 15 is 0 Å². The summed E-state index contributed by atoms with van der Waals surface area (Å²) in [6.45, 7) is 1.24. The van der Waals surface area contributed by atoms with E-state index in [1.807, 2.05) is 30.5 Å². The molecule has 1 aromatic carbocycles. The quantitative estimate of drug-likeness (QED) is 0.220. The highest BCUT2D eigenvalue weighted by Gasteiger charge is 2.24. The minimum absolute atomic E-state index is 0.0942. The number of nitrogens with zero attached hydrogens (tertiary/aromatic N) is 2. The number of pyridine rings is 1. The number of H-pyrrole nitrogens is 2. The average molecular weight is 571 g/mol. The fourth-order valence-corrected chi connectivity index (χ4v) is 4.89. The van der Waals surface area contributed by atoms with Gasteiger partial charge in [-0.25, -0.2) is 4.98 Å². The summed E-state index contributed by atoms with van der Waals surface area (Å²) in [4.78, 5) is 64.3. The molecule has 0 fully saturated rings. The first-order valence-corrected chi connectivity index (χ1v) is 14.0. The number of carbonyl (C=O) groups excluding carboxylic acids is 4. The maximum atomic E-state index is 13.4. The van der Waals surface area contributed by atoms with E-state index in [9.17, 15) is 19.2 Å². The van der Waals surface area contributed by atoms with E-state index in [-0.39, 0.29) is 36.4 Å². The smallest absolute Gasteiger partial charge is 0.270 e. The Morgan fingerprint density at radius 1 is 0.881 bits per heavy atom. The van der Waals surface area contributed by atoms with Crippen LogP contribution in [0.2, 0.25) is 0 Å². The molecule has 6 N–H and O–H groups in total. The lowest BCUT2D eigenvalue weighted by atomic mass is 10.0. The molecule has 5 rings (SSSR count). The third-order valence-corrected chi connectivity index (χ3v) is 7.06. The highest BCUT2D eigenvalue weighted by molar-refractivity contribution is 5.97. The number of nitrogens with one attached hydrogen (secondary N) is 6. The Hall–Kier alpha value is -5.13. The van der Waals surface area contributed by atoms with Gasteiger partial charge in [-0.1, -0.05) is 24.3 Å². The average Bonchev–Trinajstić information content (AvgIpc) is 3.68. The van der Waals surface area contributed by atoms with Gasteiger partial charge in [0.1, 0.15) is 23.2 Å². The van der Waals surface area contributed by atoms with Gasteiger partial charge >= 0.3 is 0 Å². The van der Waals surface area contributed by atoms with Gasteiger partial charge in [-0.15, -0.1) is 0 Å². The highest BCUT2D eigenvalue weighted by Crippen LogP contribution is 2.19. The van der Waals surface area contributed by atoms with Crippen LogP contribution in [-0.2, 0) is 16.0 Å². The molecule has 0 spiro atoms. The summed E-state index contributed by atoms with van der Waals surface area (Å²) in [5.74, 6) is -0.895. The van der Waals surface area contributed by atoms with Crippen LogP contribution in [0, 0.1) is 0 Å². The van der Waals surface area contributed by atoms with E-state index < -0.39 is 11.9 Å². The molecule has 1 aliphatic rings. The first kappa shape index (κ1) is 28.4. The number of aromatic nitrogens is 3. The van der Waals surface area contributed by atoms with Gasteiger partial charge in [0, 0.05) is 55.9 Å². The molecule has 1 atom stereocenters. The van der Waals surface area contributed by atoms with E-state index in [4.69, 9.17) is 0 Å². The van der Waals surface area contributed by atoms with Gasteiger partial charge in [0.15, 0.2) is 0 Å². The summed E-state index contributed by atoms with van der Waals surface area (Å²) in [6.07, 6.45) is 4.94. The maximum Gasteiger partial charge on any atom is 0.270 e. The number of fused-ring (bicyclic) bond motifs is 3. The van der Waals surface area contributed by atoms with Crippen LogP contribution in [0.3, 0.4) is 0 Å². The molecule has 12 nitrogen and oxygen atoms in total. The first-order valence-electron chi connectivity index (χ1n) is 14.0. The molecule has 0 radical (unpaired) electrons. The van der Waals surface area contributed by atoms with E-state index in [2.05, 4.69) is 36.2 Å². The lowest BCUT2D eigenvalue weighted by Crippen LogP contribution is -2.48. The van der Waals surface area contributed by atoms with Crippen molar-refractivity contribution in [2.24, 2.45) is 0 Å². The Bertz CT molecular complexity index is 1550. The van der Waals surface area contributed by atoms with Crippen molar-refractivity contribution in [2.75, 3.05) is 38.0 Å². The molecule has 2 bridgehead atoms. The molecule has 3 aromatic heterocycles. The van der Waals surface area contributed by atoms with Gasteiger partial charge in [-0.3, -0.25) is 19.2 Å². The summed E-state index contributed by atoms with van der Waals surface area (Å²) in [5.41, 5.74) is 2.42. The number of amides is 4. The third-order valence-electron chi connectivity index (χ3n) is 7.06. The molecule has 4 amide bonds. The molecule has 0 aliphatic carbocycles. The van der Waals surface area contributed by atoms with E-state index in [0.29, 0.717) is 50.5 Å². The summed E-state index contributed by atoms with van der Waals surface area (Å²) in [5, 5.41) is 12.7. The molecule has 1 aliphatic heterocycles. The van der Waals surface area contributed by atoms with Gasteiger partial charge in [0.2, 0.25) is 11.8 Å². The molecule has 42 heavy (non-hydrogen) atoms. The summed E-state index contributed by atoms with van der Waals surface area (Å²) in [6, 6.07) is 15.3. The fraction of sp³-hybridized carbons (Fsp3) is 0.300. The van der Waals surface area contributed by atoms with Crippen molar-refractivity contribution in [3.05, 3.63) is 83.9 Å². The normalized spacial score (nSPS) is 17.7. The van der Waals surface area contributed by atoms with Crippen molar-refractivity contribution in [3.63, 3.8) is 0 Å². The van der Waals surface area contributed by atoms with Crippen molar-refractivity contribution in [3.8, 4) is 0 Å². The highest BCUT2D eigenvalue weighted by atomic mass is 16.2. The predicted octanol–water partition coefficient (Wildman–Crippen LogP) is 1.81. The van der Waals surface area contributed by atoms with Crippen LogP contribution in [-0.4, -0.2) is 82.2 Å². The minimum atomic E-state index is -0.843. The summed E-state index contributed by atoms with van der Waals surface area (Å²) < 4.78 is 0. The molecule has 1 unspecified atom stereocenters. The molecule has 12 heteroatoms. The number of rotatable bonds is 3. The number of aromatic amines is 2. The van der Waals surface area contributed by atoms with Crippen LogP contribution < -0.4 is 21.3 Å². The molecule has 4 heterocycles. The molecule has 218 valence electrons. The van der Waals surface area contributed by atoms with Crippen molar-refractivity contribution < 1.29 is 19.2 Å². The fourth-order valence-electron chi connectivity index (χ4n) is 4.89. The summed E-state index contributed by atoms with van der Waals surface area (Å²) >= 11 is 0. The third kappa shape index (κ3) is 7.14. The van der Waals surface area contributed by atoms with Gasteiger partial charge in [0.05, 0.1) is 6.54 Å². The SMILES string of the molecule is O=C1CN(C(=O)c2ccc[nH]2)CCCCNC(=O)C(Cc2c[nH]c3ccccc23)NC(=O)c2cccc(n2)NCCN1. The zero-order valence-corrected chi connectivity index (χ0v) is 23.1. The zero-order valence-electron chi connectivity index (χ0n) is 23.1. The van der Waals surface area contributed by atoms with Crippen molar-refractivity contribution in [1.82, 2.24) is 35.8 Å². The number of para-hydroxylation sites is 1. The molecular weight excluding hydrogens is 536 g/mol. The first-order chi connectivity index (χ1) is 20.5. The minimum Gasteiger partial charge on any atom is -0.368 e. The van der Waals surface area contributed by atoms with E-state index in [1.54, 1.807) is 36.5 Å². The van der Waals surface area contributed by atoms with Crippen molar-refractivity contribution >= 4 is 40.3 Å². The van der Waals surface area contributed by atoms with Gasteiger partial charge in [-0.05, 0) is 48.7 Å². The number of hydrogen-bond donors (Lipinski definition) is 6. The van der Waals surface area contributed by atoms with Gasteiger partial charge in [0.25, 0.3) is 11.8 Å². The van der Waals surface area contributed by atoms with Crippen LogP contribution in [0.5, 0.6) is 0 Å². The Kier molecular flexibility index (Phi) is 9.12. The van der Waals surface area contributed by atoms with Crippen LogP contribution in [0.1, 0.15) is 39.4 Å². The Labute approximate surface area is 242 Å². The van der Waals surface area contributed by atoms with E-state index in [0.717, 1.165) is 16.5 Å². The van der Waals surface area contributed by atoms with Crippen LogP contribution in [0.15, 0.2) is 67.0 Å². The number of carbonyl (C=O) groups is 4. The second kappa shape index (κ2) is 13.5. The topological polar surface area (TPSA) is 164 Å². The number of anilines is 1. The number of benzene rings is 1. The lowest BCUT2D eigenvalue weighted by molar-refractivity contribution is -0.123. The standard InChI is InChI=1S/C30H34N8O4/c39-27-19-38(30(42)24-10-6-13-31-24)16-4-3-12-34-28(40)25(17-20-18-35-22-8-2-1-7-21(20)22)37-29(41)23-9-5-11-26(36-23)32-14-15-33-27/h1-2,5-11,13,18,25,31,35H,3-4,12,14-17,19H2,(H,32,36)(H,33,39)(H,34,40)(H,37,41). The van der Waals surface area contributed by atoms with Crippen molar-refractivity contribution in [1.29, 1.82) is 0 Å². The zero-order chi connectivity index (χ0) is 29.3. The van der Waals surface area contributed by atoms with Crippen molar-refractivity contribution in [2.45, 2.75) is 25.3 Å². The largest absolute Gasteiger partial charge is 0.368 e. The monoisotopic (exact) mass is 570 g/mol. The van der Waals surface area contributed by atoms with Crippen LogP contribution in [0.4, 0.5) is 5.82 Å². The number of hydrogen-bond acceptors (Lipinski definition) is 6.